The van der Waals surface area contributed by atoms with Crippen LogP contribution in [0.1, 0.15) is 54.9 Å². The fraction of sp³-hybridized carbons (Fsp3) is 0.417. The molecule has 0 spiro atoms. The lowest BCUT2D eigenvalue weighted by molar-refractivity contribution is -0.150. The highest BCUT2D eigenvalue weighted by atomic mass is 32.2. The number of esters is 1. The molecular formula is C24H28N2O5S. The van der Waals surface area contributed by atoms with E-state index < -0.39 is 27.4 Å². The van der Waals surface area contributed by atoms with E-state index in [1.807, 2.05) is 24.3 Å². The van der Waals surface area contributed by atoms with Crippen LogP contribution in [0.3, 0.4) is 0 Å². The second-order valence-electron chi connectivity index (χ2n) is 8.30. The molecule has 1 aliphatic heterocycles. The Morgan fingerprint density at radius 1 is 1.06 bits per heavy atom. The Kier molecular flexibility index (Phi) is 6.24. The number of nitrogens with one attached hydrogen (secondary N) is 1. The largest absolute Gasteiger partial charge is 0.464 e. The minimum Gasteiger partial charge on any atom is -0.464 e. The van der Waals surface area contributed by atoms with Crippen molar-refractivity contribution in [3.63, 3.8) is 0 Å². The summed E-state index contributed by atoms with van der Waals surface area (Å²) in [6.45, 7) is 2.36. The van der Waals surface area contributed by atoms with Gasteiger partial charge in [-0.1, -0.05) is 37.1 Å². The Morgan fingerprint density at radius 2 is 1.81 bits per heavy atom. The van der Waals surface area contributed by atoms with Crippen molar-refractivity contribution >= 4 is 27.6 Å². The minimum atomic E-state index is -3.84. The zero-order valence-corrected chi connectivity index (χ0v) is 19.0. The molecule has 2 aliphatic rings. The van der Waals surface area contributed by atoms with Gasteiger partial charge in [-0.15, -0.1) is 0 Å². The Hall–Kier alpha value is -2.87. The van der Waals surface area contributed by atoms with Crippen molar-refractivity contribution in [3.8, 4) is 0 Å². The van der Waals surface area contributed by atoms with Gasteiger partial charge in [-0.05, 0) is 62.4 Å². The number of anilines is 1. The molecule has 1 aliphatic carbocycles. The summed E-state index contributed by atoms with van der Waals surface area (Å²) < 4.78 is 33.5. The van der Waals surface area contributed by atoms with Gasteiger partial charge >= 0.3 is 5.97 Å². The van der Waals surface area contributed by atoms with Gasteiger partial charge in [0, 0.05) is 12.1 Å². The number of para-hydroxylation sites is 1. The van der Waals surface area contributed by atoms with Crippen LogP contribution in [0, 0.1) is 0 Å². The third-order valence-electron chi connectivity index (χ3n) is 6.23. The van der Waals surface area contributed by atoms with Crippen LogP contribution in [0.5, 0.6) is 0 Å². The molecule has 1 saturated carbocycles. The molecule has 4 rings (SSSR count). The third-order valence-corrected chi connectivity index (χ3v) is 8.04. The van der Waals surface area contributed by atoms with Crippen molar-refractivity contribution in [3.05, 3.63) is 59.7 Å². The number of nitrogens with zero attached hydrogens (tertiary/aromatic N) is 1. The Labute approximate surface area is 188 Å². The molecule has 1 amide bonds. The van der Waals surface area contributed by atoms with E-state index in [1.165, 1.54) is 16.4 Å². The second-order valence-corrected chi connectivity index (χ2v) is 10.2. The van der Waals surface area contributed by atoms with Crippen molar-refractivity contribution in [1.82, 2.24) is 5.32 Å². The highest BCUT2D eigenvalue weighted by molar-refractivity contribution is 7.92. The number of sulfonamides is 1. The normalized spacial score (nSPS) is 17.5. The lowest BCUT2D eigenvalue weighted by Crippen LogP contribution is -2.53. The number of hydrogen-bond donors (Lipinski definition) is 1. The summed E-state index contributed by atoms with van der Waals surface area (Å²) in [5.41, 5.74) is 0.829. The summed E-state index contributed by atoms with van der Waals surface area (Å²) in [6, 6.07) is 13.5. The standard InChI is InChI=1S/C24H28N2O5S/c1-2-31-23(28)24(14-5-6-15-24)25-22(27)19-10-7-12-20(17-19)32(29,30)26-16-8-11-18-9-3-4-13-21(18)26/h3-4,7,9-10,12-13,17H,2,5-6,8,11,14-16H2,1H3,(H,25,27). The topological polar surface area (TPSA) is 92.8 Å². The molecule has 8 heteroatoms. The number of fused-ring (bicyclic) bond motifs is 1. The van der Waals surface area contributed by atoms with Crippen LogP contribution in [0.25, 0.3) is 0 Å². The van der Waals surface area contributed by atoms with Crippen molar-refractivity contribution in [2.24, 2.45) is 0 Å². The van der Waals surface area contributed by atoms with Gasteiger partial charge in [0.25, 0.3) is 15.9 Å². The zero-order chi connectivity index (χ0) is 22.8. The van der Waals surface area contributed by atoms with Gasteiger partial charge in [-0.2, -0.15) is 0 Å². The maximum absolute atomic E-state index is 13.4. The monoisotopic (exact) mass is 456 g/mol. The van der Waals surface area contributed by atoms with E-state index in [4.69, 9.17) is 4.74 Å². The van der Waals surface area contributed by atoms with E-state index in [9.17, 15) is 18.0 Å². The van der Waals surface area contributed by atoms with Crippen LogP contribution in [-0.2, 0) is 26.0 Å². The molecule has 0 aromatic heterocycles. The number of benzene rings is 2. The van der Waals surface area contributed by atoms with Gasteiger partial charge in [0.2, 0.25) is 0 Å². The van der Waals surface area contributed by atoms with Crippen molar-refractivity contribution in [1.29, 1.82) is 0 Å². The molecule has 0 saturated heterocycles. The maximum atomic E-state index is 13.4. The predicted octanol–water partition coefficient (Wildman–Crippen LogP) is 3.43. The summed E-state index contributed by atoms with van der Waals surface area (Å²) >= 11 is 0. The molecule has 170 valence electrons. The van der Waals surface area contributed by atoms with E-state index in [1.54, 1.807) is 19.1 Å². The van der Waals surface area contributed by atoms with Crippen LogP contribution in [0.2, 0.25) is 0 Å². The number of carbonyl (C=O) groups is 2. The molecule has 1 N–H and O–H groups in total. The van der Waals surface area contributed by atoms with Crippen molar-refractivity contribution < 1.29 is 22.7 Å². The van der Waals surface area contributed by atoms with E-state index in [2.05, 4.69) is 5.32 Å². The summed E-state index contributed by atoms with van der Waals surface area (Å²) in [7, 11) is -3.84. The first-order valence-electron chi connectivity index (χ1n) is 11.1. The maximum Gasteiger partial charge on any atom is 0.331 e. The first kappa shape index (κ1) is 22.3. The molecule has 32 heavy (non-hydrogen) atoms. The molecule has 0 atom stereocenters. The molecule has 2 aromatic rings. The molecule has 2 aromatic carbocycles. The first-order chi connectivity index (χ1) is 15.4. The predicted molar refractivity (Wildman–Crippen MR) is 121 cm³/mol. The average Bonchev–Trinajstić information content (AvgIpc) is 3.28. The van der Waals surface area contributed by atoms with E-state index in [-0.39, 0.29) is 17.1 Å². The van der Waals surface area contributed by atoms with Gasteiger partial charge in [0.15, 0.2) is 0 Å². The minimum absolute atomic E-state index is 0.0541. The van der Waals surface area contributed by atoms with Crippen LogP contribution in [0.15, 0.2) is 53.4 Å². The molecule has 0 radical (unpaired) electrons. The Morgan fingerprint density at radius 3 is 2.56 bits per heavy atom. The van der Waals surface area contributed by atoms with Gasteiger partial charge in [0.05, 0.1) is 17.2 Å². The summed E-state index contributed by atoms with van der Waals surface area (Å²) in [6.07, 6.45) is 4.24. The number of amides is 1. The molecular weight excluding hydrogens is 428 g/mol. The SMILES string of the molecule is CCOC(=O)C1(NC(=O)c2cccc(S(=O)(=O)N3CCCc4ccccc43)c2)CCCC1. The van der Waals surface area contributed by atoms with E-state index >= 15 is 0 Å². The van der Waals surface area contributed by atoms with E-state index in [0.717, 1.165) is 31.2 Å². The van der Waals surface area contributed by atoms with Crippen LogP contribution < -0.4 is 9.62 Å². The fourth-order valence-corrected chi connectivity index (χ4v) is 6.18. The molecule has 1 heterocycles. The molecule has 7 nitrogen and oxygen atoms in total. The summed E-state index contributed by atoms with van der Waals surface area (Å²) in [5, 5.41) is 2.85. The van der Waals surface area contributed by atoms with Gasteiger partial charge < -0.3 is 10.1 Å². The first-order valence-corrected chi connectivity index (χ1v) is 12.5. The fourth-order valence-electron chi connectivity index (χ4n) is 4.59. The molecule has 0 bridgehead atoms. The molecule has 1 fully saturated rings. The lowest BCUT2D eigenvalue weighted by Gasteiger charge is -2.30. The third kappa shape index (κ3) is 4.11. The number of rotatable bonds is 6. The van der Waals surface area contributed by atoms with Crippen LogP contribution in [0.4, 0.5) is 5.69 Å². The summed E-state index contributed by atoms with van der Waals surface area (Å²) in [4.78, 5) is 25.6. The highest BCUT2D eigenvalue weighted by Gasteiger charge is 2.44. The number of hydrogen-bond acceptors (Lipinski definition) is 5. The Bertz CT molecular complexity index is 1120. The van der Waals surface area contributed by atoms with Gasteiger partial charge in [-0.25, -0.2) is 13.2 Å². The van der Waals surface area contributed by atoms with Crippen molar-refractivity contribution in [2.75, 3.05) is 17.5 Å². The number of ether oxygens (including phenoxy) is 1. The smallest absolute Gasteiger partial charge is 0.331 e. The molecule has 0 unspecified atom stereocenters. The van der Waals surface area contributed by atoms with Crippen molar-refractivity contribution in [2.45, 2.75) is 55.9 Å². The Balaban J connectivity index is 1.61. The average molecular weight is 457 g/mol. The van der Waals surface area contributed by atoms with Crippen LogP contribution >= 0.6 is 0 Å². The number of aryl methyl sites for hydroxylation is 1. The van der Waals surface area contributed by atoms with Gasteiger partial charge in [-0.3, -0.25) is 9.10 Å². The van der Waals surface area contributed by atoms with Crippen LogP contribution in [-0.4, -0.2) is 39.0 Å². The zero-order valence-electron chi connectivity index (χ0n) is 18.2. The quantitative estimate of drug-likeness (QED) is 0.673. The highest BCUT2D eigenvalue weighted by Crippen LogP contribution is 2.33. The summed E-state index contributed by atoms with van der Waals surface area (Å²) in [5.74, 6) is -0.907. The number of carbonyl (C=O) groups excluding carboxylic acids is 2. The van der Waals surface area contributed by atoms with Gasteiger partial charge in [0.1, 0.15) is 5.54 Å². The lowest BCUT2D eigenvalue weighted by atomic mass is 9.97. The second kappa shape index (κ2) is 8.94. The van der Waals surface area contributed by atoms with E-state index in [0.29, 0.717) is 25.1 Å².